The van der Waals surface area contributed by atoms with Gasteiger partial charge in [0.1, 0.15) is 29.1 Å². The number of carbonyl (C=O) groups is 4. The lowest BCUT2D eigenvalue weighted by Gasteiger charge is -2.41. The van der Waals surface area contributed by atoms with Crippen molar-refractivity contribution in [3.8, 4) is 28.7 Å². The van der Waals surface area contributed by atoms with Crippen molar-refractivity contribution >= 4 is 23.6 Å². The number of Topliss-reactive ketones (excluding diaryl/α,β-unsaturated/α-hetero) is 1. The molecule has 1 saturated heterocycles. The molecule has 4 atom stereocenters. The monoisotopic (exact) mass is 672 g/mol. The molecule has 3 aliphatic heterocycles. The van der Waals surface area contributed by atoms with E-state index in [4.69, 9.17) is 28.4 Å². The smallest absolute Gasteiger partial charge is 0.355 e. The Hall–Kier alpha value is -5.26. The van der Waals surface area contributed by atoms with Gasteiger partial charge in [0.25, 0.3) is 0 Å². The Morgan fingerprint density at radius 1 is 0.980 bits per heavy atom. The van der Waals surface area contributed by atoms with E-state index >= 15 is 9.59 Å². The quantitative estimate of drug-likeness (QED) is 0.254. The van der Waals surface area contributed by atoms with Gasteiger partial charge in [0, 0.05) is 24.6 Å². The molecule has 0 radical (unpaired) electrons. The number of amides is 2. The lowest BCUT2D eigenvalue weighted by molar-refractivity contribution is -0.165. The largest absolute Gasteiger partial charge is 0.497 e. The van der Waals surface area contributed by atoms with Gasteiger partial charge in [-0.1, -0.05) is 56.3 Å². The summed E-state index contributed by atoms with van der Waals surface area (Å²) in [5.74, 6) is -4.09. The van der Waals surface area contributed by atoms with Crippen molar-refractivity contribution in [2.75, 3.05) is 34.7 Å². The van der Waals surface area contributed by atoms with Crippen LogP contribution in [0, 0.1) is 11.8 Å². The number of nitrogens with one attached hydrogen (secondary N) is 1. The van der Waals surface area contributed by atoms with E-state index in [9.17, 15) is 9.59 Å². The van der Waals surface area contributed by atoms with Crippen LogP contribution in [-0.4, -0.2) is 69.3 Å². The van der Waals surface area contributed by atoms with Crippen molar-refractivity contribution in [2.24, 2.45) is 11.8 Å². The van der Waals surface area contributed by atoms with Crippen molar-refractivity contribution in [1.82, 2.24) is 10.2 Å². The van der Waals surface area contributed by atoms with Gasteiger partial charge in [0.05, 0.1) is 27.2 Å². The molecule has 0 aromatic heterocycles. The summed E-state index contributed by atoms with van der Waals surface area (Å²) in [6, 6.07) is 16.9. The van der Waals surface area contributed by atoms with Crippen LogP contribution in [0.2, 0.25) is 0 Å². The van der Waals surface area contributed by atoms with E-state index < -0.39 is 41.3 Å². The third-order valence-corrected chi connectivity index (χ3v) is 9.25. The molecule has 1 N–H and O–H groups in total. The fourth-order valence-corrected chi connectivity index (χ4v) is 7.11. The molecule has 3 heterocycles. The zero-order valence-electron chi connectivity index (χ0n) is 28.1. The van der Waals surface area contributed by atoms with Gasteiger partial charge in [-0.05, 0) is 36.5 Å². The van der Waals surface area contributed by atoms with Gasteiger partial charge in [-0.3, -0.25) is 14.4 Å². The Kier molecular flexibility index (Phi) is 9.40. The molecule has 258 valence electrons. The molecule has 3 aliphatic rings. The molecule has 12 nitrogen and oxygen atoms in total. The number of esters is 1. The number of ether oxygens (including phenoxy) is 6. The van der Waals surface area contributed by atoms with Crippen LogP contribution in [0.4, 0.5) is 0 Å². The Morgan fingerprint density at radius 3 is 2.37 bits per heavy atom. The van der Waals surface area contributed by atoms with Crippen LogP contribution in [0.3, 0.4) is 0 Å². The molecule has 3 aromatic carbocycles. The summed E-state index contributed by atoms with van der Waals surface area (Å²) in [7, 11) is 4.12. The van der Waals surface area contributed by atoms with Gasteiger partial charge in [-0.2, -0.15) is 0 Å². The highest BCUT2D eigenvalue weighted by molar-refractivity contribution is 6.15. The third-order valence-electron chi connectivity index (χ3n) is 9.25. The van der Waals surface area contributed by atoms with Gasteiger partial charge in [0.15, 0.2) is 17.3 Å². The topological polar surface area (TPSA) is 139 Å². The van der Waals surface area contributed by atoms with Gasteiger partial charge >= 0.3 is 5.97 Å². The molecule has 0 unspecified atom stereocenters. The molecule has 49 heavy (non-hydrogen) atoms. The van der Waals surface area contributed by atoms with E-state index in [1.165, 1.54) is 32.3 Å². The van der Waals surface area contributed by atoms with Crippen molar-refractivity contribution < 1.29 is 47.6 Å². The highest BCUT2D eigenvalue weighted by Gasteiger charge is 2.62. The van der Waals surface area contributed by atoms with Crippen molar-refractivity contribution in [3.63, 3.8) is 0 Å². The summed E-state index contributed by atoms with van der Waals surface area (Å²) < 4.78 is 34.9. The molecule has 3 aromatic rings. The fourth-order valence-electron chi connectivity index (χ4n) is 7.11. The van der Waals surface area contributed by atoms with E-state index in [1.54, 1.807) is 54.6 Å². The van der Waals surface area contributed by atoms with Crippen LogP contribution >= 0.6 is 0 Å². The van der Waals surface area contributed by atoms with E-state index in [-0.39, 0.29) is 60.1 Å². The number of hydrogen-bond donors (Lipinski definition) is 1. The van der Waals surface area contributed by atoms with Crippen LogP contribution in [0.5, 0.6) is 28.7 Å². The first-order valence-corrected chi connectivity index (χ1v) is 16.3. The van der Waals surface area contributed by atoms with E-state index in [0.717, 1.165) is 0 Å². The maximum absolute atomic E-state index is 15.2. The molecule has 0 spiro atoms. The summed E-state index contributed by atoms with van der Waals surface area (Å²) in [5, 5.41) is 3.00. The van der Waals surface area contributed by atoms with Gasteiger partial charge in [-0.25, -0.2) is 4.79 Å². The standard InChI is InChI=1S/C37H40N2O10/c1-21(2)18-28(40)38-27-12-9-17-39(27)35(42)30-31(22-10-7-6-8-11-22)37(36(43)46-5,23-13-15-24(44-3)16-14-23)49-25-19-26-33(48-20-47-26)34(45-4)29(25)32(30)41/h6-8,10-11,13-16,19,21,27,30-31H,9,12,17-18,20H2,1-5H3,(H,38,40)/t27-,30-,31-,37-/m1/s1. The SMILES string of the molecule is COC(=O)[C@]1(c2ccc(OC)cc2)Oc2cc3c(c(OC)c2C(=O)[C@H](C(=O)N2CCC[C@@H]2NC(=O)CC(C)C)[C@H]1c1ccccc1)OCO3. The summed E-state index contributed by atoms with van der Waals surface area (Å²) in [6.45, 7) is 4.03. The highest BCUT2D eigenvalue weighted by Crippen LogP contribution is 2.56. The summed E-state index contributed by atoms with van der Waals surface area (Å²) in [6.07, 6.45) is 0.730. The van der Waals surface area contributed by atoms with Crippen molar-refractivity contribution in [3.05, 3.63) is 77.4 Å². The normalized spacial score (nSPS) is 22.5. The Balaban J connectivity index is 1.63. The zero-order chi connectivity index (χ0) is 34.9. The molecule has 0 saturated carbocycles. The molecule has 0 bridgehead atoms. The number of methoxy groups -OCH3 is 3. The Labute approximate surface area is 284 Å². The first-order chi connectivity index (χ1) is 23.6. The van der Waals surface area contributed by atoms with E-state index in [2.05, 4.69) is 5.32 Å². The molecular weight excluding hydrogens is 632 g/mol. The fraction of sp³-hybridized carbons (Fsp3) is 0.405. The molecule has 6 rings (SSSR count). The molecule has 0 aliphatic carbocycles. The minimum Gasteiger partial charge on any atom is -0.497 e. The number of ketones is 1. The van der Waals surface area contributed by atoms with E-state index in [0.29, 0.717) is 29.7 Å². The van der Waals surface area contributed by atoms with Crippen molar-refractivity contribution in [2.45, 2.75) is 50.8 Å². The maximum Gasteiger partial charge on any atom is 0.355 e. The number of rotatable bonds is 9. The predicted molar refractivity (Wildman–Crippen MR) is 176 cm³/mol. The van der Waals surface area contributed by atoms with Crippen LogP contribution in [0.15, 0.2) is 60.7 Å². The van der Waals surface area contributed by atoms with Gasteiger partial charge < -0.3 is 38.6 Å². The minimum atomic E-state index is -2.10. The number of nitrogens with zero attached hydrogens (tertiary/aromatic N) is 1. The van der Waals surface area contributed by atoms with Gasteiger partial charge in [-0.15, -0.1) is 0 Å². The summed E-state index contributed by atoms with van der Waals surface area (Å²) in [5.41, 5.74) is -1.39. The number of fused-ring (bicyclic) bond motifs is 2. The predicted octanol–water partition coefficient (Wildman–Crippen LogP) is 4.59. The number of benzene rings is 3. The van der Waals surface area contributed by atoms with Crippen LogP contribution in [0.1, 0.15) is 60.5 Å². The molecule has 1 fully saturated rings. The average molecular weight is 673 g/mol. The Bertz CT molecular complexity index is 1740. The maximum atomic E-state index is 15.2. The summed E-state index contributed by atoms with van der Waals surface area (Å²) in [4.78, 5) is 59.4. The molecular formula is C37H40N2O10. The lowest BCUT2D eigenvalue weighted by atomic mass is 9.68. The number of carbonyl (C=O) groups excluding carboxylic acids is 4. The molecule has 12 heteroatoms. The van der Waals surface area contributed by atoms with E-state index in [1.807, 2.05) is 13.8 Å². The first kappa shape index (κ1) is 33.6. The second-order valence-electron chi connectivity index (χ2n) is 12.7. The Morgan fingerprint density at radius 2 is 1.71 bits per heavy atom. The zero-order valence-corrected chi connectivity index (χ0v) is 28.1. The second kappa shape index (κ2) is 13.7. The minimum absolute atomic E-state index is 0.0122. The lowest BCUT2D eigenvalue weighted by Crippen LogP contribution is -2.55. The molecule has 2 amide bonds. The summed E-state index contributed by atoms with van der Waals surface area (Å²) >= 11 is 0. The average Bonchev–Trinajstić information content (AvgIpc) is 3.75. The second-order valence-corrected chi connectivity index (χ2v) is 12.7. The first-order valence-electron chi connectivity index (χ1n) is 16.3. The van der Waals surface area contributed by atoms with Crippen LogP contribution in [-0.2, 0) is 24.7 Å². The number of likely N-dealkylation sites (tertiary alicyclic amines) is 1. The number of hydrogen-bond acceptors (Lipinski definition) is 10. The van der Waals surface area contributed by atoms with Crippen LogP contribution in [0.25, 0.3) is 0 Å². The third kappa shape index (κ3) is 5.89. The highest BCUT2D eigenvalue weighted by atomic mass is 16.7. The van der Waals surface area contributed by atoms with Gasteiger partial charge in [0.2, 0.25) is 30.0 Å². The van der Waals surface area contributed by atoms with Crippen molar-refractivity contribution in [1.29, 1.82) is 0 Å². The van der Waals surface area contributed by atoms with Crippen LogP contribution < -0.4 is 29.0 Å².